The first-order valence-electron chi connectivity index (χ1n) is 12.5. The smallest absolute Gasteiger partial charge is 0.350 e. The van der Waals surface area contributed by atoms with Crippen LogP contribution in [0.1, 0.15) is 34.3 Å². The van der Waals surface area contributed by atoms with Crippen molar-refractivity contribution in [2.75, 3.05) is 44.2 Å². The van der Waals surface area contributed by atoms with E-state index in [1.807, 2.05) is 25.1 Å². The van der Waals surface area contributed by atoms with E-state index < -0.39 is 0 Å². The molecule has 1 saturated heterocycles. The monoisotopic (exact) mass is 515 g/mol. The maximum atomic E-state index is 12.1. The van der Waals surface area contributed by atoms with Crippen molar-refractivity contribution >= 4 is 39.8 Å². The van der Waals surface area contributed by atoms with Crippen molar-refractivity contribution < 1.29 is 9.53 Å². The van der Waals surface area contributed by atoms with Crippen molar-refractivity contribution in [1.29, 1.82) is 0 Å². The van der Waals surface area contributed by atoms with Crippen molar-refractivity contribution in [3.05, 3.63) is 64.3 Å². The second-order valence-electron chi connectivity index (χ2n) is 9.01. The summed E-state index contributed by atoms with van der Waals surface area (Å²) in [6.45, 7) is 15.9. The van der Waals surface area contributed by atoms with Crippen LogP contribution >= 0.6 is 11.3 Å². The number of carbonyl (C=O) groups excluding carboxylic acids is 1. The highest BCUT2D eigenvalue weighted by Gasteiger charge is 2.20. The second kappa shape index (κ2) is 11.1. The topological polar surface area (TPSA) is 91.6 Å². The number of piperazine rings is 1. The van der Waals surface area contributed by atoms with Crippen LogP contribution in [-0.2, 0) is 11.2 Å². The van der Waals surface area contributed by atoms with Crippen LogP contribution in [0.5, 0.6) is 0 Å². The highest BCUT2D eigenvalue weighted by Crippen LogP contribution is 2.28. The molecule has 10 heteroatoms. The van der Waals surface area contributed by atoms with Gasteiger partial charge in [0.1, 0.15) is 9.88 Å². The largest absolute Gasteiger partial charge is 0.462 e. The number of thiazole rings is 1. The lowest BCUT2D eigenvalue weighted by atomic mass is 10.1. The van der Waals surface area contributed by atoms with Crippen molar-refractivity contribution in [2.45, 2.75) is 26.7 Å². The number of anilines is 1. The Morgan fingerprint density at radius 1 is 1.22 bits per heavy atom. The Bertz CT molecular complexity index is 1430. The molecule has 0 atom stereocenters. The first-order chi connectivity index (χ1) is 18.1. The number of H-pyrrole nitrogens is 1. The summed E-state index contributed by atoms with van der Waals surface area (Å²) >= 11 is 1.31. The van der Waals surface area contributed by atoms with Crippen LogP contribution < -0.4 is 4.90 Å². The van der Waals surface area contributed by atoms with E-state index in [1.54, 1.807) is 19.3 Å². The molecular formula is C27H29N7O2S. The van der Waals surface area contributed by atoms with Gasteiger partial charge in [-0.3, -0.25) is 4.90 Å². The number of rotatable bonds is 8. The number of carbonyl (C=O) groups is 1. The van der Waals surface area contributed by atoms with Crippen LogP contribution in [0.25, 0.3) is 26.3 Å². The first kappa shape index (κ1) is 24.9. The number of hydrogen-bond acceptors (Lipinski definition) is 8. The zero-order chi connectivity index (χ0) is 25.8. The molecule has 0 unspecified atom stereocenters. The predicted octanol–water partition coefficient (Wildman–Crippen LogP) is 4.87. The summed E-state index contributed by atoms with van der Waals surface area (Å²) in [5.41, 5.74) is 4.51. The molecule has 4 heterocycles. The second-order valence-corrected chi connectivity index (χ2v) is 10.0. The minimum absolute atomic E-state index is 0.338. The Hall–Kier alpha value is -3.81. The number of fused-ring (bicyclic) bond motifs is 1. The molecule has 1 aliphatic heterocycles. The molecule has 0 amide bonds. The van der Waals surface area contributed by atoms with Crippen LogP contribution in [0.3, 0.4) is 0 Å². The average molecular weight is 516 g/mol. The molecule has 0 spiro atoms. The molecule has 3 aromatic heterocycles. The van der Waals surface area contributed by atoms with Gasteiger partial charge in [0.25, 0.3) is 0 Å². The van der Waals surface area contributed by atoms with Gasteiger partial charge < -0.3 is 14.6 Å². The third-order valence-electron chi connectivity index (χ3n) is 6.60. The quantitative estimate of drug-likeness (QED) is 0.264. The van der Waals surface area contributed by atoms with Gasteiger partial charge >= 0.3 is 5.97 Å². The fraction of sp³-hybridized carbons (Fsp3) is 0.370. The van der Waals surface area contributed by atoms with Gasteiger partial charge in [0.15, 0.2) is 5.69 Å². The minimum Gasteiger partial charge on any atom is -0.462 e. The molecular weight excluding hydrogens is 486 g/mol. The molecule has 0 bridgehead atoms. The number of ether oxygens (including phenoxy) is 1. The summed E-state index contributed by atoms with van der Waals surface area (Å²) < 4.78 is 5.11. The molecule has 5 rings (SSSR count). The normalized spacial score (nSPS) is 14.1. The van der Waals surface area contributed by atoms with Gasteiger partial charge in [-0.1, -0.05) is 6.07 Å². The van der Waals surface area contributed by atoms with E-state index in [0.717, 1.165) is 73.0 Å². The van der Waals surface area contributed by atoms with E-state index in [9.17, 15) is 4.79 Å². The number of aryl methyl sites for hydroxylation is 2. The van der Waals surface area contributed by atoms with E-state index in [0.29, 0.717) is 22.9 Å². The average Bonchev–Trinajstić information content (AvgIpc) is 3.52. The molecule has 1 aliphatic rings. The molecule has 37 heavy (non-hydrogen) atoms. The minimum atomic E-state index is -0.338. The predicted molar refractivity (Wildman–Crippen MR) is 145 cm³/mol. The lowest BCUT2D eigenvalue weighted by Crippen LogP contribution is -2.47. The highest BCUT2D eigenvalue weighted by molar-refractivity contribution is 7.17. The van der Waals surface area contributed by atoms with Gasteiger partial charge in [-0.15, -0.1) is 11.3 Å². The van der Waals surface area contributed by atoms with E-state index in [1.165, 1.54) is 16.9 Å². The van der Waals surface area contributed by atoms with Gasteiger partial charge in [0.2, 0.25) is 5.95 Å². The molecule has 1 fully saturated rings. The van der Waals surface area contributed by atoms with Crippen LogP contribution in [0.4, 0.5) is 11.6 Å². The maximum absolute atomic E-state index is 12.1. The summed E-state index contributed by atoms with van der Waals surface area (Å²) in [6.07, 6.45) is 7.69. The summed E-state index contributed by atoms with van der Waals surface area (Å²) in [5.74, 6) is 0.381. The van der Waals surface area contributed by atoms with Crippen LogP contribution in [0, 0.1) is 13.5 Å². The number of aromatic nitrogens is 4. The highest BCUT2D eigenvalue weighted by atomic mass is 32.1. The van der Waals surface area contributed by atoms with E-state index in [2.05, 4.69) is 40.8 Å². The standard InChI is InChI=1S/C27H29N7O2S/c1-4-36-26(35)24-18(2)32-25(37-24)20-16-30-27(31-17-20)34-12-10-33(11-13-34)9-5-6-19-15-29-23-8-7-21(28-3)14-22(19)23/h7-8,14-17,29H,4-6,9-13H2,1-2H3. The van der Waals surface area contributed by atoms with Crippen molar-refractivity contribution in [3.8, 4) is 10.6 Å². The summed E-state index contributed by atoms with van der Waals surface area (Å²) in [4.78, 5) is 37.9. The van der Waals surface area contributed by atoms with Gasteiger partial charge in [0.05, 0.1) is 18.9 Å². The van der Waals surface area contributed by atoms with Crippen molar-refractivity contribution in [1.82, 2.24) is 24.8 Å². The SMILES string of the molecule is [C-]#[N+]c1ccc2[nH]cc(CCCN3CCN(c4ncc(-c5nc(C)c(C(=O)OCC)s5)cn4)CC3)c2c1. The number of aromatic amines is 1. The third-order valence-corrected chi connectivity index (χ3v) is 7.78. The fourth-order valence-electron chi connectivity index (χ4n) is 4.61. The molecule has 190 valence electrons. The lowest BCUT2D eigenvalue weighted by molar-refractivity contribution is 0.0531. The van der Waals surface area contributed by atoms with Gasteiger partial charge in [0, 0.05) is 55.8 Å². The van der Waals surface area contributed by atoms with Gasteiger partial charge in [-0.2, -0.15) is 0 Å². The number of nitrogens with one attached hydrogen (secondary N) is 1. The van der Waals surface area contributed by atoms with Crippen molar-refractivity contribution in [2.24, 2.45) is 0 Å². The molecule has 1 N–H and O–H groups in total. The Morgan fingerprint density at radius 2 is 2.00 bits per heavy atom. The fourth-order valence-corrected chi connectivity index (χ4v) is 5.54. The number of hydrogen-bond donors (Lipinski definition) is 1. The van der Waals surface area contributed by atoms with Crippen LogP contribution in [0.2, 0.25) is 0 Å². The molecule has 1 aromatic carbocycles. The molecule has 0 aliphatic carbocycles. The molecule has 9 nitrogen and oxygen atoms in total. The maximum Gasteiger partial charge on any atom is 0.350 e. The van der Waals surface area contributed by atoms with Crippen LogP contribution in [0.15, 0.2) is 36.8 Å². The first-order valence-corrected chi connectivity index (χ1v) is 13.3. The van der Waals surface area contributed by atoms with Gasteiger partial charge in [-0.05, 0) is 56.3 Å². The molecule has 0 radical (unpaired) electrons. The Labute approximate surface area is 220 Å². The Balaban J connectivity index is 1.12. The molecule has 0 saturated carbocycles. The number of esters is 1. The zero-order valence-corrected chi connectivity index (χ0v) is 21.8. The molecule has 4 aromatic rings. The Kier molecular flexibility index (Phi) is 7.44. The number of nitrogens with zero attached hydrogens (tertiary/aromatic N) is 6. The van der Waals surface area contributed by atoms with Gasteiger partial charge in [-0.25, -0.2) is 24.6 Å². The lowest BCUT2D eigenvalue weighted by Gasteiger charge is -2.34. The summed E-state index contributed by atoms with van der Waals surface area (Å²) in [6, 6.07) is 5.82. The Morgan fingerprint density at radius 3 is 2.73 bits per heavy atom. The summed E-state index contributed by atoms with van der Waals surface area (Å²) in [5, 5.41) is 1.88. The summed E-state index contributed by atoms with van der Waals surface area (Å²) in [7, 11) is 0. The van der Waals surface area contributed by atoms with Crippen molar-refractivity contribution in [3.63, 3.8) is 0 Å². The third kappa shape index (κ3) is 5.48. The van der Waals surface area contributed by atoms with E-state index in [4.69, 9.17) is 11.3 Å². The van der Waals surface area contributed by atoms with E-state index in [-0.39, 0.29) is 5.97 Å². The number of benzene rings is 1. The van der Waals surface area contributed by atoms with Crippen LogP contribution in [-0.4, -0.2) is 70.1 Å². The van der Waals surface area contributed by atoms with E-state index >= 15 is 0 Å². The zero-order valence-electron chi connectivity index (χ0n) is 21.0.